The number of ether oxygens (including phenoxy) is 1. The maximum Gasteiger partial charge on any atom is 0.340 e. The molecule has 0 radical (unpaired) electrons. The van der Waals surface area contributed by atoms with Gasteiger partial charge in [-0.1, -0.05) is 12.1 Å². The molecule has 0 fully saturated rings. The molecule has 0 bridgehead atoms. The lowest BCUT2D eigenvalue weighted by atomic mass is 10.1. The number of para-hydroxylation sites is 1. The molecular weight excluding hydrogens is 234 g/mol. The summed E-state index contributed by atoms with van der Waals surface area (Å²) in [6.07, 6.45) is 1.44. The summed E-state index contributed by atoms with van der Waals surface area (Å²) in [5, 5.41) is 6.45. The summed E-state index contributed by atoms with van der Waals surface area (Å²) in [6, 6.07) is 5.15. The number of carbonyl (C=O) groups is 1. The van der Waals surface area contributed by atoms with Crippen LogP contribution >= 0.6 is 0 Å². The second-order valence-electron chi connectivity index (χ2n) is 3.82. The molecule has 0 amide bonds. The number of nitrogens with one attached hydrogen (secondary N) is 2. The van der Waals surface area contributed by atoms with E-state index in [0.717, 1.165) is 0 Å². The molecule has 0 aliphatic carbocycles. The average molecular weight is 243 g/mol. The molecule has 0 aliphatic heterocycles. The van der Waals surface area contributed by atoms with E-state index in [1.54, 1.807) is 18.2 Å². The Morgan fingerprint density at radius 3 is 2.89 bits per heavy atom. The Hall–Kier alpha value is -2.63. The zero-order valence-electron chi connectivity index (χ0n) is 9.48. The van der Waals surface area contributed by atoms with Crippen molar-refractivity contribution in [2.45, 2.75) is 0 Å². The fraction of sp³-hybridized carbons (Fsp3) is 0.0833. The lowest BCUT2D eigenvalue weighted by Crippen LogP contribution is -2.03. The van der Waals surface area contributed by atoms with E-state index in [9.17, 15) is 9.59 Å². The molecule has 3 aromatic rings. The van der Waals surface area contributed by atoms with Gasteiger partial charge in [-0.2, -0.15) is 0 Å². The van der Waals surface area contributed by atoms with E-state index in [-0.39, 0.29) is 5.56 Å². The number of fused-ring (bicyclic) bond motifs is 3. The maximum absolute atomic E-state index is 11.6. The molecule has 2 aromatic heterocycles. The Balaban J connectivity index is 2.47. The van der Waals surface area contributed by atoms with Gasteiger partial charge in [-0.25, -0.2) is 4.79 Å². The minimum absolute atomic E-state index is 0.233. The number of benzene rings is 1. The Kier molecular flexibility index (Phi) is 2.16. The first-order valence-corrected chi connectivity index (χ1v) is 5.29. The number of rotatable bonds is 1. The van der Waals surface area contributed by atoms with E-state index in [0.29, 0.717) is 27.4 Å². The molecule has 0 unspecified atom stereocenters. The van der Waals surface area contributed by atoms with Crippen molar-refractivity contribution >= 4 is 27.8 Å². The van der Waals surface area contributed by atoms with Crippen LogP contribution in [0.25, 0.3) is 21.8 Å². The van der Waals surface area contributed by atoms with Gasteiger partial charge in [0.1, 0.15) is 0 Å². The molecular formula is C12H9N3O3. The molecule has 2 heterocycles. The monoisotopic (exact) mass is 243 g/mol. The molecule has 0 spiro atoms. The molecule has 2 N–H and O–H groups in total. The third kappa shape index (κ3) is 1.32. The summed E-state index contributed by atoms with van der Waals surface area (Å²) in [5.74, 6) is -0.453. The standard InChI is InChI=1S/C12H9N3O3/c1-18-12(17)7-4-2-3-6-9(7)13-5-8-10(6)14-15-11(8)16/h2-5H,1H3,(H2,14,15,16). The Morgan fingerprint density at radius 1 is 1.28 bits per heavy atom. The van der Waals surface area contributed by atoms with E-state index in [1.807, 2.05) is 0 Å². The Labute approximate surface area is 101 Å². The minimum Gasteiger partial charge on any atom is -0.465 e. The second-order valence-corrected chi connectivity index (χ2v) is 3.82. The maximum atomic E-state index is 11.6. The zero-order valence-corrected chi connectivity index (χ0v) is 9.48. The first-order valence-electron chi connectivity index (χ1n) is 5.29. The molecule has 0 atom stereocenters. The van der Waals surface area contributed by atoms with Crippen molar-refractivity contribution in [1.29, 1.82) is 0 Å². The van der Waals surface area contributed by atoms with Crippen molar-refractivity contribution in [3.63, 3.8) is 0 Å². The summed E-state index contributed by atoms with van der Waals surface area (Å²) in [5.41, 5.74) is 1.28. The lowest BCUT2D eigenvalue weighted by molar-refractivity contribution is 0.0603. The van der Waals surface area contributed by atoms with Gasteiger partial charge in [-0.05, 0) is 6.07 Å². The molecule has 6 nitrogen and oxygen atoms in total. The highest BCUT2D eigenvalue weighted by Gasteiger charge is 2.14. The number of aromatic nitrogens is 3. The van der Waals surface area contributed by atoms with Crippen molar-refractivity contribution < 1.29 is 9.53 Å². The normalized spacial score (nSPS) is 10.9. The van der Waals surface area contributed by atoms with E-state index in [2.05, 4.69) is 15.2 Å². The summed E-state index contributed by atoms with van der Waals surface area (Å²) in [6.45, 7) is 0. The van der Waals surface area contributed by atoms with Crippen LogP contribution in [0.3, 0.4) is 0 Å². The molecule has 90 valence electrons. The van der Waals surface area contributed by atoms with Crippen LogP contribution < -0.4 is 5.56 Å². The first-order chi connectivity index (χ1) is 8.72. The number of H-pyrrole nitrogens is 2. The van der Waals surface area contributed by atoms with Crippen LogP contribution in [0, 0.1) is 0 Å². The summed E-state index contributed by atoms with van der Waals surface area (Å²) >= 11 is 0. The number of nitrogens with zero attached hydrogens (tertiary/aromatic N) is 1. The largest absolute Gasteiger partial charge is 0.465 e. The zero-order chi connectivity index (χ0) is 12.7. The van der Waals surface area contributed by atoms with Gasteiger partial charge >= 0.3 is 5.97 Å². The number of hydrogen-bond donors (Lipinski definition) is 2. The number of carbonyl (C=O) groups excluding carboxylic acids is 1. The van der Waals surface area contributed by atoms with Crippen molar-refractivity contribution in [1.82, 2.24) is 15.2 Å². The number of esters is 1. The van der Waals surface area contributed by atoms with Gasteiger partial charge in [0.05, 0.1) is 29.1 Å². The van der Waals surface area contributed by atoms with E-state index in [1.165, 1.54) is 13.3 Å². The van der Waals surface area contributed by atoms with E-state index in [4.69, 9.17) is 4.74 Å². The third-order valence-electron chi connectivity index (χ3n) is 2.85. The Morgan fingerprint density at radius 2 is 2.11 bits per heavy atom. The molecule has 0 saturated heterocycles. The van der Waals surface area contributed by atoms with Gasteiger partial charge in [0, 0.05) is 11.6 Å². The third-order valence-corrected chi connectivity index (χ3v) is 2.85. The number of pyridine rings is 1. The SMILES string of the molecule is COC(=O)c1cccc2c1ncc1c(=O)[nH][nH]c12. The predicted octanol–water partition coefficient (Wildman–Crippen LogP) is 1.19. The fourth-order valence-electron chi connectivity index (χ4n) is 1.99. The van der Waals surface area contributed by atoms with Gasteiger partial charge in [-0.15, -0.1) is 0 Å². The van der Waals surface area contributed by atoms with E-state index < -0.39 is 5.97 Å². The van der Waals surface area contributed by atoms with Crippen LogP contribution in [0.1, 0.15) is 10.4 Å². The van der Waals surface area contributed by atoms with Crippen LogP contribution in [0.15, 0.2) is 29.2 Å². The van der Waals surface area contributed by atoms with Gasteiger partial charge in [0.2, 0.25) is 0 Å². The number of hydrogen-bond acceptors (Lipinski definition) is 4. The molecule has 3 rings (SSSR count). The van der Waals surface area contributed by atoms with Gasteiger partial charge < -0.3 is 4.74 Å². The van der Waals surface area contributed by atoms with Crippen molar-refractivity contribution in [3.05, 3.63) is 40.3 Å². The van der Waals surface area contributed by atoms with Crippen LogP contribution in [-0.4, -0.2) is 28.3 Å². The Bertz CT molecular complexity index is 816. The summed E-state index contributed by atoms with van der Waals surface area (Å²) in [4.78, 5) is 27.3. The van der Waals surface area contributed by atoms with Crippen molar-refractivity contribution in [2.24, 2.45) is 0 Å². The smallest absolute Gasteiger partial charge is 0.340 e. The second kappa shape index (κ2) is 3.69. The molecule has 1 aromatic carbocycles. The predicted molar refractivity (Wildman–Crippen MR) is 65.6 cm³/mol. The highest BCUT2D eigenvalue weighted by atomic mass is 16.5. The molecule has 6 heteroatoms. The van der Waals surface area contributed by atoms with E-state index >= 15 is 0 Å². The first kappa shape index (κ1) is 10.5. The topological polar surface area (TPSA) is 87.8 Å². The molecule has 0 aliphatic rings. The molecule has 0 saturated carbocycles. The summed E-state index contributed by atoms with van der Waals surface area (Å²) < 4.78 is 4.70. The minimum atomic E-state index is -0.453. The van der Waals surface area contributed by atoms with Gasteiger partial charge in [0.25, 0.3) is 5.56 Å². The lowest BCUT2D eigenvalue weighted by Gasteiger charge is -2.03. The highest BCUT2D eigenvalue weighted by Crippen LogP contribution is 2.22. The fourth-order valence-corrected chi connectivity index (χ4v) is 1.99. The van der Waals surface area contributed by atoms with Crippen LogP contribution in [0.2, 0.25) is 0 Å². The summed E-state index contributed by atoms with van der Waals surface area (Å²) in [7, 11) is 1.32. The van der Waals surface area contributed by atoms with Crippen LogP contribution in [0.4, 0.5) is 0 Å². The van der Waals surface area contributed by atoms with Gasteiger partial charge in [-0.3, -0.25) is 20.0 Å². The van der Waals surface area contributed by atoms with Gasteiger partial charge in [0.15, 0.2) is 0 Å². The van der Waals surface area contributed by atoms with Crippen molar-refractivity contribution in [3.8, 4) is 0 Å². The van der Waals surface area contributed by atoms with Crippen LogP contribution in [0.5, 0.6) is 0 Å². The molecule has 18 heavy (non-hydrogen) atoms. The highest BCUT2D eigenvalue weighted by molar-refractivity contribution is 6.10. The number of methoxy groups -OCH3 is 1. The quantitative estimate of drug-likeness (QED) is 0.628. The van der Waals surface area contributed by atoms with Crippen LogP contribution in [-0.2, 0) is 4.74 Å². The number of aromatic amines is 2. The van der Waals surface area contributed by atoms with Crippen molar-refractivity contribution in [2.75, 3.05) is 7.11 Å². The average Bonchev–Trinajstić information content (AvgIpc) is 2.79.